The smallest absolute Gasteiger partial charge is 0.129 e. The summed E-state index contributed by atoms with van der Waals surface area (Å²) in [6.45, 7) is 3.44. The zero-order valence-corrected chi connectivity index (χ0v) is 14.9. The van der Waals surface area contributed by atoms with Gasteiger partial charge in [-0.3, -0.25) is 0 Å². The van der Waals surface area contributed by atoms with Crippen LogP contribution in [0.1, 0.15) is 18.6 Å². The van der Waals surface area contributed by atoms with Gasteiger partial charge in [0, 0.05) is 38.4 Å². The van der Waals surface area contributed by atoms with Gasteiger partial charge in [-0.25, -0.2) is 0 Å². The summed E-state index contributed by atoms with van der Waals surface area (Å²) in [6.07, 6.45) is 3.40. The predicted molar refractivity (Wildman–Crippen MR) is 98.7 cm³/mol. The normalized spacial score (nSPS) is 17.5. The molecule has 1 unspecified atom stereocenters. The second kappa shape index (κ2) is 9.04. The van der Waals surface area contributed by atoms with E-state index in [-0.39, 0.29) is 0 Å². The van der Waals surface area contributed by atoms with Gasteiger partial charge in [-0.05, 0) is 37.1 Å². The molecular weight excluding hydrogens is 316 g/mol. The van der Waals surface area contributed by atoms with Crippen LogP contribution >= 0.6 is 0 Å². The molecule has 0 radical (unpaired) electrons. The van der Waals surface area contributed by atoms with E-state index >= 15 is 0 Å². The zero-order valence-electron chi connectivity index (χ0n) is 14.9. The average Bonchev–Trinajstić information content (AvgIpc) is 3.16. The van der Waals surface area contributed by atoms with Crippen molar-refractivity contribution >= 4 is 5.69 Å². The van der Waals surface area contributed by atoms with E-state index in [0.29, 0.717) is 25.8 Å². The maximum atomic E-state index is 10.2. The highest BCUT2D eigenvalue weighted by molar-refractivity contribution is 5.46. The number of furan rings is 1. The van der Waals surface area contributed by atoms with Gasteiger partial charge in [-0.15, -0.1) is 0 Å². The molecule has 0 amide bonds. The van der Waals surface area contributed by atoms with Gasteiger partial charge in [-0.2, -0.15) is 0 Å². The van der Waals surface area contributed by atoms with E-state index in [2.05, 4.69) is 47.2 Å². The van der Waals surface area contributed by atoms with Crippen LogP contribution in [0.4, 0.5) is 5.69 Å². The first kappa shape index (κ1) is 18.0. The molecule has 2 heterocycles. The molecule has 0 bridgehead atoms. The Morgan fingerprint density at radius 2 is 1.96 bits per heavy atom. The van der Waals surface area contributed by atoms with E-state index < -0.39 is 6.10 Å². The fourth-order valence-electron chi connectivity index (χ4n) is 3.40. The van der Waals surface area contributed by atoms with E-state index in [9.17, 15) is 5.11 Å². The minimum atomic E-state index is -0.460. The third-order valence-corrected chi connectivity index (χ3v) is 4.87. The average molecular weight is 344 g/mol. The highest BCUT2D eigenvalue weighted by atomic mass is 16.5. The molecule has 1 aromatic carbocycles. The Morgan fingerprint density at radius 3 is 2.64 bits per heavy atom. The lowest BCUT2D eigenvalue weighted by molar-refractivity contribution is 0.00180. The molecule has 1 saturated heterocycles. The van der Waals surface area contributed by atoms with Crippen molar-refractivity contribution in [2.45, 2.75) is 31.6 Å². The highest BCUT2D eigenvalue weighted by Gasteiger charge is 2.24. The molecule has 5 nitrogen and oxygen atoms in total. The monoisotopic (exact) mass is 344 g/mol. The summed E-state index contributed by atoms with van der Waals surface area (Å²) in [7, 11) is 2.17. The Bertz CT molecular complexity index is 595. The number of β-amino-alcohol motifs (C(OH)–C–C–N with tert-alkyl or cyclic N) is 1. The standard InChI is InChI=1S/C20H28N2O3/c1-21(17-6-3-2-4-7-17)18-9-11-22(12-10-18)14-19(23)15-24-16-20-8-5-13-25-20/h2-8,13,18-19,23H,9-12,14-16H2,1H3. The van der Waals surface area contributed by atoms with E-state index in [1.54, 1.807) is 6.26 Å². The lowest BCUT2D eigenvalue weighted by Gasteiger charge is -2.38. The summed E-state index contributed by atoms with van der Waals surface area (Å²) in [4.78, 5) is 4.70. The molecule has 136 valence electrons. The van der Waals surface area contributed by atoms with Gasteiger partial charge in [0.25, 0.3) is 0 Å². The molecule has 0 spiro atoms. The second-order valence-corrected chi connectivity index (χ2v) is 6.73. The number of rotatable bonds is 8. The van der Waals surface area contributed by atoms with E-state index in [4.69, 9.17) is 9.15 Å². The maximum absolute atomic E-state index is 10.2. The van der Waals surface area contributed by atoms with Gasteiger partial charge in [0.05, 0.1) is 19.0 Å². The van der Waals surface area contributed by atoms with E-state index in [0.717, 1.165) is 31.7 Å². The fraction of sp³-hybridized carbons (Fsp3) is 0.500. The van der Waals surface area contributed by atoms with Crippen molar-refractivity contribution in [3.8, 4) is 0 Å². The number of likely N-dealkylation sites (tertiary alicyclic amines) is 1. The van der Waals surface area contributed by atoms with E-state index in [1.165, 1.54) is 5.69 Å². The number of aliphatic hydroxyl groups excluding tert-OH is 1. The van der Waals surface area contributed by atoms with Crippen molar-refractivity contribution in [2.24, 2.45) is 0 Å². The summed E-state index contributed by atoms with van der Waals surface area (Å²) in [5.74, 6) is 0.789. The lowest BCUT2D eigenvalue weighted by atomic mass is 10.0. The molecule has 0 aliphatic carbocycles. The van der Waals surface area contributed by atoms with Gasteiger partial charge in [0.2, 0.25) is 0 Å². The molecular formula is C20H28N2O3. The maximum Gasteiger partial charge on any atom is 0.129 e. The molecule has 0 saturated carbocycles. The molecule has 25 heavy (non-hydrogen) atoms. The highest BCUT2D eigenvalue weighted by Crippen LogP contribution is 2.21. The molecule has 2 aromatic rings. The van der Waals surface area contributed by atoms with Crippen LogP contribution in [-0.2, 0) is 11.3 Å². The van der Waals surface area contributed by atoms with Crippen LogP contribution in [0, 0.1) is 0 Å². The van der Waals surface area contributed by atoms with Gasteiger partial charge in [0.15, 0.2) is 0 Å². The number of aliphatic hydroxyl groups is 1. The largest absolute Gasteiger partial charge is 0.467 e. The summed E-state index contributed by atoms with van der Waals surface area (Å²) in [5, 5.41) is 10.2. The lowest BCUT2D eigenvalue weighted by Crippen LogP contribution is -2.46. The molecule has 1 N–H and O–H groups in total. The van der Waals surface area contributed by atoms with Gasteiger partial charge in [0.1, 0.15) is 12.4 Å². The first-order valence-corrected chi connectivity index (χ1v) is 9.01. The summed E-state index contributed by atoms with van der Waals surface area (Å²) in [6, 6.07) is 14.8. The van der Waals surface area contributed by atoms with Crippen LogP contribution < -0.4 is 4.90 Å². The number of anilines is 1. The zero-order chi connectivity index (χ0) is 17.5. The molecule has 1 atom stereocenters. The van der Waals surface area contributed by atoms with Gasteiger partial charge in [-0.1, -0.05) is 18.2 Å². The topological polar surface area (TPSA) is 49.1 Å². The SMILES string of the molecule is CN(c1ccccc1)C1CCN(CC(O)COCc2ccco2)CC1. The predicted octanol–water partition coefficient (Wildman–Crippen LogP) is 2.76. The van der Waals surface area contributed by atoms with Crippen molar-refractivity contribution in [1.82, 2.24) is 4.90 Å². The van der Waals surface area contributed by atoms with Crippen molar-refractivity contribution in [2.75, 3.05) is 38.2 Å². The third-order valence-electron chi connectivity index (χ3n) is 4.87. The van der Waals surface area contributed by atoms with Crippen LogP contribution in [0.5, 0.6) is 0 Å². The number of benzene rings is 1. The Balaban J connectivity index is 1.35. The Morgan fingerprint density at radius 1 is 1.20 bits per heavy atom. The third kappa shape index (κ3) is 5.33. The molecule has 3 rings (SSSR count). The molecule has 1 aliphatic rings. The minimum absolute atomic E-state index is 0.338. The minimum Gasteiger partial charge on any atom is -0.467 e. The molecule has 5 heteroatoms. The van der Waals surface area contributed by atoms with Gasteiger partial charge >= 0.3 is 0 Å². The number of ether oxygens (including phenoxy) is 1. The number of para-hydroxylation sites is 1. The first-order valence-electron chi connectivity index (χ1n) is 9.01. The Hall–Kier alpha value is -1.82. The number of nitrogens with zero attached hydrogens (tertiary/aromatic N) is 2. The molecule has 1 fully saturated rings. The van der Waals surface area contributed by atoms with Crippen LogP contribution in [0.15, 0.2) is 53.1 Å². The van der Waals surface area contributed by atoms with Crippen molar-refractivity contribution in [3.05, 3.63) is 54.5 Å². The number of hydrogen-bond donors (Lipinski definition) is 1. The van der Waals surface area contributed by atoms with Crippen LogP contribution in [0.2, 0.25) is 0 Å². The number of piperidine rings is 1. The molecule has 1 aromatic heterocycles. The summed E-state index contributed by atoms with van der Waals surface area (Å²) in [5.41, 5.74) is 1.27. The van der Waals surface area contributed by atoms with Crippen LogP contribution in [0.3, 0.4) is 0 Å². The number of hydrogen-bond acceptors (Lipinski definition) is 5. The molecule has 1 aliphatic heterocycles. The quantitative estimate of drug-likeness (QED) is 0.798. The second-order valence-electron chi connectivity index (χ2n) is 6.73. The van der Waals surface area contributed by atoms with Crippen molar-refractivity contribution < 1.29 is 14.3 Å². The summed E-state index contributed by atoms with van der Waals surface area (Å²) < 4.78 is 10.7. The van der Waals surface area contributed by atoms with Crippen LogP contribution in [-0.4, -0.2) is 55.4 Å². The van der Waals surface area contributed by atoms with E-state index in [1.807, 2.05) is 12.1 Å². The fourth-order valence-corrected chi connectivity index (χ4v) is 3.40. The van der Waals surface area contributed by atoms with Crippen molar-refractivity contribution in [1.29, 1.82) is 0 Å². The summed E-state index contributed by atoms with van der Waals surface area (Å²) >= 11 is 0. The van der Waals surface area contributed by atoms with Crippen molar-refractivity contribution in [3.63, 3.8) is 0 Å². The Kier molecular flexibility index (Phi) is 6.50. The Labute approximate surface area is 149 Å². The first-order chi connectivity index (χ1) is 12.2. The van der Waals surface area contributed by atoms with Crippen LogP contribution in [0.25, 0.3) is 0 Å². The van der Waals surface area contributed by atoms with Gasteiger partial charge < -0.3 is 24.1 Å².